The molecule has 2 N–H and O–H groups in total. The highest BCUT2D eigenvalue weighted by molar-refractivity contribution is 5.89. The lowest BCUT2D eigenvalue weighted by molar-refractivity contribution is 0.146. The normalized spacial score (nSPS) is 15.5. The molecule has 0 bridgehead atoms. The Balaban J connectivity index is 1.75. The Kier molecular flexibility index (Phi) is 5.81. The second-order valence-electron chi connectivity index (χ2n) is 7.52. The van der Waals surface area contributed by atoms with Crippen LogP contribution in [0.3, 0.4) is 0 Å². The summed E-state index contributed by atoms with van der Waals surface area (Å²) in [5.74, 6) is -0.734. The van der Waals surface area contributed by atoms with Crippen LogP contribution in [-0.4, -0.2) is 40.7 Å². The standard InChI is InChI=1S/C21H23F3N6O/c1-12(14-4-3-5-15(17(14)22)18(23)24)27-19-16-10-13(30-8-6-25-7-9-30)11-26-20(16)29(2)21(31)28-19/h3-5,10-12,18,25H,6-9H2,1-2H3,(H,27,28,31)/t12-/m1/s1. The van der Waals surface area contributed by atoms with Gasteiger partial charge in [0.05, 0.1) is 28.9 Å². The molecule has 3 heterocycles. The quantitative estimate of drug-likeness (QED) is 0.646. The number of alkyl halides is 2. The minimum Gasteiger partial charge on any atom is -0.368 e. The van der Waals surface area contributed by atoms with Crippen LogP contribution >= 0.6 is 0 Å². The largest absolute Gasteiger partial charge is 0.368 e. The third-order valence-electron chi connectivity index (χ3n) is 5.51. The molecule has 3 aromatic rings. The fraction of sp³-hybridized carbons (Fsp3) is 0.381. The van der Waals surface area contributed by atoms with Crippen molar-refractivity contribution in [3.8, 4) is 0 Å². The number of fused-ring (bicyclic) bond motifs is 1. The van der Waals surface area contributed by atoms with E-state index in [0.29, 0.717) is 11.0 Å². The van der Waals surface area contributed by atoms with Crippen molar-refractivity contribution in [2.75, 3.05) is 36.4 Å². The predicted octanol–water partition coefficient (Wildman–Crippen LogP) is 2.99. The Bertz CT molecular complexity index is 1160. The van der Waals surface area contributed by atoms with E-state index in [1.54, 1.807) is 20.2 Å². The van der Waals surface area contributed by atoms with Gasteiger partial charge < -0.3 is 15.5 Å². The molecule has 0 saturated carbocycles. The van der Waals surface area contributed by atoms with E-state index < -0.39 is 29.5 Å². The summed E-state index contributed by atoms with van der Waals surface area (Å²) in [6, 6.07) is 5.07. The average molecular weight is 432 g/mol. The van der Waals surface area contributed by atoms with E-state index in [0.717, 1.165) is 37.9 Å². The summed E-state index contributed by atoms with van der Waals surface area (Å²) >= 11 is 0. The molecule has 31 heavy (non-hydrogen) atoms. The number of hydrogen-bond donors (Lipinski definition) is 2. The third kappa shape index (κ3) is 4.07. The summed E-state index contributed by atoms with van der Waals surface area (Å²) in [7, 11) is 1.58. The van der Waals surface area contributed by atoms with Crippen LogP contribution in [0.2, 0.25) is 0 Å². The average Bonchev–Trinajstić information content (AvgIpc) is 2.77. The summed E-state index contributed by atoms with van der Waals surface area (Å²) in [5, 5.41) is 6.91. The Morgan fingerprint density at radius 3 is 2.61 bits per heavy atom. The highest BCUT2D eigenvalue weighted by atomic mass is 19.3. The minimum atomic E-state index is -2.92. The van der Waals surface area contributed by atoms with Gasteiger partial charge in [-0.25, -0.2) is 22.9 Å². The van der Waals surface area contributed by atoms with Crippen LogP contribution in [0.25, 0.3) is 11.0 Å². The Hall–Kier alpha value is -3.14. The van der Waals surface area contributed by atoms with Crippen LogP contribution in [0, 0.1) is 5.82 Å². The van der Waals surface area contributed by atoms with Crippen molar-refractivity contribution in [3.05, 3.63) is 57.9 Å². The van der Waals surface area contributed by atoms with Gasteiger partial charge in [0.2, 0.25) is 0 Å². The van der Waals surface area contributed by atoms with Gasteiger partial charge in [0, 0.05) is 38.8 Å². The number of halogens is 3. The molecule has 10 heteroatoms. The fourth-order valence-electron chi connectivity index (χ4n) is 3.77. The third-order valence-corrected chi connectivity index (χ3v) is 5.51. The maximum Gasteiger partial charge on any atom is 0.350 e. The molecule has 0 amide bonds. The number of aryl methyl sites for hydroxylation is 1. The monoisotopic (exact) mass is 432 g/mol. The smallest absolute Gasteiger partial charge is 0.350 e. The second kappa shape index (κ2) is 8.54. The SMILES string of the molecule is C[C@@H](Nc1nc(=O)n(C)c2ncc(N3CCNCC3)cc12)c1cccc(C(F)F)c1F. The highest BCUT2D eigenvalue weighted by Crippen LogP contribution is 2.30. The lowest BCUT2D eigenvalue weighted by Crippen LogP contribution is -2.43. The van der Waals surface area contributed by atoms with E-state index >= 15 is 0 Å². The van der Waals surface area contributed by atoms with Gasteiger partial charge in [-0.2, -0.15) is 4.98 Å². The number of nitrogens with one attached hydrogen (secondary N) is 2. The van der Waals surface area contributed by atoms with Crippen molar-refractivity contribution < 1.29 is 13.2 Å². The van der Waals surface area contributed by atoms with E-state index in [9.17, 15) is 18.0 Å². The number of pyridine rings is 1. The molecule has 1 saturated heterocycles. The number of anilines is 2. The first kappa shape index (κ1) is 21.1. The number of nitrogens with zero attached hydrogens (tertiary/aromatic N) is 4. The molecule has 7 nitrogen and oxygen atoms in total. The first-order valence-corrected chi connectivity index (χ1v) is 10.0. The first-order valence-electron chi connectivity index (χ1n) is 10.0. The minimum absolute atomic E-state index is 0.0691. The van der Waals surface area contributed by atoms with Gasteiger partial charge in [0.15, 0.2) is 0 Å². The maximum atomic E-state index is 14.6. The van der Waals surface area contributed by atoms with Crippen molar-refractivity contribution in [3.63, 3.8) is 0 Å². The van der Waals surface area contributed by atoms with Crippen LogP contribution in [0.15, 0.2) is 35.3 Å². The molecule has 1 aliphatic heterocycles. The summed E-state index contributed by atoms with van der Waals surface area (Å²) in [6.45, 7) is 4.97. The molecule has 1 aliphatic rings. The maximum absolute atomic E-state index is 14.6. The summed E-state index contributed by atoms with van der Waals surface area (Å²) in [4.78, 5) is 23.1. The predicted molar refractivity (Wildman–Crippen MR) is 113 cm³/mol. The number of piperazine rings is 1. The van der Waals surface area contributed by atoms with Gasteiger partial charge in [-0.05, 0) is 13.0 Å². The summed E-state index contributed by atoms with van der Waals surface area (Å²) in [6.07, 6.45) is -1.20. The van der Waals surface area contributed by atoms with E-state index in [2.05, 4.69) is 25.5 Å². The van der Waals surface area contributed by atoms with Crippen LogP contribution in [0.4, 0.5) is 24.7 Å². The van der Waals surface area contributed by atoms with Crippen LogP contribution < -0.4 is 21.2 Å². The lowest BCUT2D eigenvalue weighted by Gasteiger charge is -2.29. The highest BCUT2D eigenvalue weighted by Gasteiger charge is 2.21. The zero-order valence-corrected chi connectivity index (χ0v) is 17.2. The Labute approximate surface area is 176 Å². The Morgan fingerprint density at radius 1 is 1.19 bits per heavy atom. The Morgan fingerprint density at radius 2 is 1.90 bits per heavy atom. The van der Waals surface area contributed by atoms with Crippen molar-refractivity contribution in [2.45, 2.75) is 19.4 Å². The zero-order valence-electron chi connectivity index (χ0n) is 17.2. The first-order chi connectivity index (χ1) is 14.9. The van der Waals surface area contributed by atoms with Gasteiger partial charge in [0.1, 0.15) is 17.3 Å². The van der Waals surface area contributed by atoms with E-state index in [1.807, 2.05) is 6.07 Å². The van der Waals surface area contributed by atoms with Gasteiger partial charge in [-0.15, -0.1) is 0 Å². The molecular formula is C21H23F3N6O. The summed E-state index contributed by atoms with van der Waals surface area (Å²) < 4.78 is 42.1. The topological polar surface area (TPSA) is 75.1 Å². The molecule has 1 fully saturated rings. The number of rotatable bonds is 5. The molecule has 0 unspecified atom stereocenters. The zero-order chi connectivity index (χ0) is 22.1. The molecule has 4 rings (SSSR count). The van der Waals surface area contributed by atoms with Crippen molar-refractivity contribution in [1.29, 1.82) is 0 Å². The van der Waals surface area contributed by atoms with E-state index in [-0.39, 0.29) is 11.4 Å². The molecule has 0 aliphatic carbocycles. The van der Waals surface area contributed by atoms with Gasteiger partial charge in [-0.3, -0.25) is 4.57 Å². The van der Waals surface area contributed by atoms with Gasteiger partial charge in [0.25, 0.3) is 6.43 Å². The number of benzene rings is 1. The number of aromatic nitrogens is 3. The molecule has 164 valence electrons. The van der Waals surface area contributed by atoms with Crippen molar-refractivity contribution in [1.82, 2.24) is 19.9 Å². The van der Waals surface area contributed by atoms with Crippen molar-refractivity contribution in [2.24, 2.45) is 7.05 Å². The molecule has 1 atom stereocenters. The molecule has 2 aromatic heterocycles. The second-order valence-corrected chi connectivity index (χ2v) is 7.52. The number of hydrogen-bond acceptors (Lipinski definition) is 6. The van der Waals surface area contributed by atoms with Crippen LogP contribution in [0.1, 0.15) is 30.5 Å². The fourth-order valence-corrected chi connectivity index (χ4v) is 3.77. The van der Waals surface area contributed by atoms with E-state index in [4.69, 9.17) is 0 Å². The van der Waals surface area contributed by atoms with Crippen molar-refractivity contribution >= 4 is 22.5 Å². The van der Waals surface area contributed by atoms with Gasteiger partial charge in [-0.1, -0.05) is 18.2 Å². The molecular weight excluding hydrogens is 409 g/mol. The molecule has 1 aromatic carbocycles. The van der Waals surface area contributed by atoms with E-state index in [1.165, 1.54) is 16.7 Å². The molecule has 0 spiro atoms. The lowest BCUT2D eigenvalue weighted by atomic mass is 10.0. The van der Waals surface area contributed by atoms with Gasteiger partial charge >= 0.3 is 5.69 Å². The molecule has 0 radical (unpaired) electrons. The van der Waals surface area contributed by atoms with Crippen LogP contribution in [0.5, 0.6) is 0 Å². The summed E-state index contributed by atoms with van der Waals surface area (Å²) in [5.41, 5.74) is 0.202. The van der Waals surface area contributed by atoms with Crippen LogP contribution in [-0.2, 0) is 7.05 Å².